The van der Waals surface area contributed by atoms with Crippen LogP contribution in [0.4, 0.5) is 4.79 Å². The lowest BCUT2D eigenvalue weighted by atomic mass is 9.95. The van der Waals surface area contributed by atoms with Gasteiger partial charge in [-0.25, -0.2) is 9.78 Å². The van der Waals surface area contributed by atoms with Crippen molar-refractivity contribution in [2.45, 2.75) is 44.7 Å². The van der Waals surface area contributed by atoms with Crippen molar-refractivity contribution in [2.75, 3.05) is 0 Å². The Labute approximate surface area is 121 Å². The summed E-state index contributed by atoms with van der Waals surface area (Å²) in [5, 5.41) is 17.4. The summed E-state index contributed by atoms with van der Waals surface area (Å²) in [5.41, 5.74) is 0. The molecule has 2 unspecified atom stereocenters. The van der Waals surface area contributed by atoms with E-state index in [1.165, 1.54) is 11.3 Å². The van der Waals surface area contributed by atoms with Crippen molar-refractivity contribution in [2.24, 2.45) is 5.92 Å². The molecule has 0 aliphatic heterocycles. The van der Waals surface area contributed by atoms with E-state index in [0.29, 0.717) is 13.0 Å². The molecule has 1 aliphatic rings. The highest BCUT2D eigenvalue weighted by atomic mass is 32.1. The molecule has 1 aromatic rings. The SMILES string of the molecule is O=C(NCc1nccs1)NC1CCCCCC1C(=O)O. The van der Waals surface area contributed by atoms with Gasteiger partial charge in [0.25, 0.3) is 0 Å². The van der Waals surface area contributed by atoms with E-state index in [4.69, 9.17) is 0 Å². The highest BCUT2D eigenvalue weighted by Crippen LogP contribution is 2.23. The summed E-state index contributed by atoms with van der Waals surface area (Å²) in [6.07, 6.45) is 5.94. The van der Waals surface area contributed by atoms with E-state index in [1.807, 2.05) is 5.38 Å². The molecule has 0 bridgehead atoms. The quantitative estimate of drug-likeness (QED) is 0.741. The number of hydrogen-bond donors (Lipinski definition) is 3. The zero-order chi connectivity index (χ0) is 14.4. The normalized spacial score (nSPS) is 22.8. The van der Waals surface area contributed by atoms with Crippen LogP contribution in [0.5, 0.6) is 0 Å². The molecule has 6 nitrogen and oxygen atoms in total. The van der Waals surface area contributed by atoms with Crippen molar-refractivity contribution in [1.82, 2.24) is 15.6 Å². The fourth-order valence-electron chi connectivity index (χ4n) is 2.49. The van der Waals surface area contributed by atoms with Gasteiger partial charge in [0.2, 0.25) is 0 Å². The summed E-state index contributed by atoms with van der Waals surface area (Å²) in [6.45, 7) is 0.369. The molecule has 2 rings (SSSR count). The van der Waals surface area contributed by atoms with Crippen LogP contribution in [-0.4, -0.2) is 28.1 Å². The maximum atomic E-state index is 11.8. The largest absolute Gasteiger partial charge is 0.481 e. The Morgan fingerprint density at radius 1 is 1.35 bits per heavy atom. The molecular formula is C13H19N3O3S. The lowest BCUT2D eigenvalue weighted by molar-refractivity contribution is -0.142. The second-order valence-corrected chi connectivity index (χ2v) is 5.92. The number of carbonyl (C=O) groups excluding carboxylic acids is 1. The minimum absolute atomic E-state index is 0.286. The third-order valence-corrected chi connectivity index (χ3v) is 4.31. The van der Waals surface area contributed by atoms with E-state index in [1.54, 1.807) is 6.20 Å². The second-order valence-electron chi connectivity index (χ2n) is 4.94. The summed E-state index contributed by atoms with van der Waals surface area (Å²) >= 11 is 1.47. The van der Waals surface area contributed by atoms with Crippen molar-refractivity contribution in [3.8, 4) is 0 Å². The van der Waals surface area contributed by atoms with Crippen LogP contribution in [0.2, 0.25) is 0 Å². The van der Waals surface area contributed by atoms with Crippen LogP contribution in [0.3, 0.4) is 0 Å². The Hall–Kier alpha value is -1.63. The fourth-order valence-corrected chi connectivity index (χ4v) is 3.05. The van der Waals surface area contributed by atoms with Gasteiger partial charge in [0.15, 0.2) is 0 Å². The van der Waals surface area contributed by atoms with Gasteiger partial charge < -0.3 is 15.7 Å². The lowest BCUT2D eigenvalue weighted by Crippen LogP contribution is -2.47. The number of thiazole rings is 1. The molecule has 20 heavy (non-hydrogen) atoms. The highest BCUT2D eigenvalue weighted by molar-refractivity contribution is 7.09. The number of rotatable bonds is 4. The Morgan fingerprint density at radius 2 is 2.15 bits per heavy atom. The molecular weight excluding hydrogens is 278 g/mol. The van der Waals surface area contributed by atoms with Gasteiger partial charge >= 0.3 is 12.0 Å². The van der Waals surface area contributed by atoms with Crippen molar-refractivity contribution < 1.29 is 14.7 Å². The topological polar surface area (TPSA) is 91.3 Å². The van der Waals surface area contributed by atoms with Crippen molar-refractivity contribution in [1.29, 1.82) is 0 Å². The Balaban J connectivity index is 1.85. The molecule has 1 fully saturated rings. The summed E-state index contributed by atoms with van der Waals surface area (Å²) in [5.74, 6) is -1.31. The second kappa shape index (κ2) is 7.23. The van der Waals surface area contributed by atoms with Crippen LogP contribution in [-0.2, 0) is 11.3 Å². The maximum absolute atomic E-state index is 11.8. The summed E-state index contributed by atoms with van der Waals surface area (Å²) < 4.78 is 0. The molecule has 1 aromatic heterocycles. The average Bonchev–Trinajstić information content (AvgIpc) is 2.82. The number of aromatic nitrogens is 1. The Bertz CT molecular complexity index is 450. The van der Waals surface area contributed by atoms with E-state index in [0.717, 1.165) is 30.7 Å². The molecule has 2 atom stereocenters. The van der Waals surface area contributed by atoms with Gasteiger partial charge in [0.1, 0.15) is 5.01 Å². The van der Waals surface area contributed by atoms with Crippen molar-refractivity contribution >= 4 is 23.3 Å². The predicted octanol–water partition coefficient (Wildman–Crippen LogP) is 1.98. The lowest BCUT2D eigenvalue weighted by Gasteiger charge is -2.22. The molecule has 7 heteroatoms. The first kappa shape index (κ1) is 14.8. The monoisotopic (exact) mass is 297 g/mol. The van der Waals surface area contributed by atoms with Crippen LogP contribution in [0.25, 0.3) is 0 Å². The molecule has 0 saturated heterocycles. The minimum atomic E-state index is -0.822. The van der Waals surface area contributed by atoms with Gasteiger partial charge in [-0.15, -0.1) is 11.3 Å². The van der Waals surface area contributed by atoms with E-state index in [-0.39, 0.29) is 12.1 Å². The van der Waals surface area contributed by atoms with E-state index < -0.39 is 11.9 Å². The number of aliphatic carboxylic acids is 1. The van der Waals surface area contributed by atoms with Gasteiger partial charge in [0, 0.05) is 17.6 Å². The predicted molar refractivity (Wildman–Crippen MR) is 75.5 cm³/mol. The molecule has 0 aromatic carbocycles. The van der Waals surface area contributed by atoms with Gasteiger partial charge in [-0.3, -0.25) is 4.79 Å². The van der Waals surface area contributed by atoms with Gasteiger partial charge in [-0.05, 0) is 12.8 Å². The van der Waals surface area contributed by atoms with Crippen LogP contribution >= 0.6 is 11.3 Å². The number of urea groups is 1. The van der Waals surface area contributed by atoms with Gasteiger partial charge in [0.05, 0.1) is 12.5 Å². The zero-order valence-electron chi connectivity index (χ0n) is 11.2. The van der Waals surface area contributed by atoms with Gasteiger partial charge in [-0.2, -0.15) is 0 Å². The first-order valence-corrected chi connectivity index (χ1v) is 7.70. The smallest absolute Gasteiger partial charge is 0.315 e. The molecule has 1 heterocycles. The molecule has 0 spiro atoms. The molecule has 1 saturated carbocycles. The van der Waals surface area contributed by atoms with Crippen molar-refractivity contribution in [3.63, 3.8) is 0 Å². The van der Waals surface area contributed by atoms with Gasteiger partial charge in [-0.1, -0.05) is 19.3 Å². The summed E-state index contributed by atoms with van der Waals surface area (Å²) in [7, 11) is 0. The van der Waals surface area contributed by atoms with Crippen LogP contribution in [0, 0.1) is 5.92 Å². The molecule has 1 aliphatic carbocycles. The van der Waals surface area contributed by atoms with Crippen LogP contribution < -0.4 is 10.6 Å². The Morgan fingerprint density at radius 3 is 2.85 bits per heavy atom. The highest BCUT2D eigenvalue weighted by Gasteiger charge is 2.30. The van der Waals surface area contributed by atoms with E-state index in [2.05, 4.69) is 15.6 Å². The van der Waals surface area contributed by atoms with E-state index >= 15 is 0 Å². The average molecular weight is 297 g/mol. The van der Waals surface area contributed by atoms with Crippen LogP contribution in [0.15, 0.2) is 11.6 Å². The summed E-state index contributed by atoms with van der Waals surface area (Å²) in [6, 6.07) is -0.607. The number of carboxylic acids is 1. The number of hydrogen-bond acceptors (Lipinski definition) is 4. The Kier molecular flexibility index (Phi) is 5.34. The zero-order valence-corrected chi connectivity index (χ0v) is 12.0. The molecule has 3 N–H and O–H groups in total. The number of nitrogens with one attached hydrogen (secondary N) is 2. The standard InChI is InChI=1S/C13H19N3O3S/c17-12(18)9-4-2-1-3-5-10(9)16-13(19)15-8-11-14-6-7-20-11/h6-7,9-10H,1-5,8H2,(H,17,18)(H2,15,16,19). The van der Waals surface area contributed by atoms with Crippen LogP contribution in [0.1, 0.15) is 37.1 Å². The van der Waals surface area contributed by atoms with Crippen molar-refractivity contribution in [3.05, 3.63) is 16.6 Å². The molecule has 2 amide bonds. The fraction of sp³-hybridized carbons (Fsp3) is 0.615. The minimum Gasteiger partial charge on any atom is -0.481 e. The number of amides is 2. The van der Waals surface area contributed by atoms with E-state index in [9.17, 15) is 14.7 Å². The summed E-state index contributed by atoms with van der Waals surface area (Å²) in [4.78, 5) is 27.2. The maximum Gasteiger partial charge on any atom is 0.315 e. The third-order valence-electron chi connectivity index (χ3n) is 3.53. The number of carbonyl (C=O) groups is 2. The first-order chi connectivity index (χ1) is 9.66. The first-order valence-electron chi connectivity index (χ1n) is 6.82. The third kappa shape index (κ3) is 4.19. The molecule has 110 valence electrons. The number of carboxylic acid groups (broad SMARTS) is 1. The number of nitrogens with zero attached hydrogens (tertiary/aromatic N) is 1. The molecule has 0 radical (unpaired) electrons.